The third kappa shape index (κ3) is 2.09. The Bertz CT molecular complexity index is 1020. The van der Waals surface area contributed by atoms with Crippen LogP contribution in [0.1, 0.15) is 11.4 Å². The largest absolute Gasteiger partial charge is 0.306 e. The van der Waals surface area contributed by atoms with Crippen molar-refractivity contribution in [2.24, 2.45) is 0 Å². The molecule has 4 heterocycles. The van der Waals surface area contributed by atoms with E-state index in [-0.39, 0.29) is 5.69 Å². The van der Waals surface area contributed by atoms with Gasteiger partial charge in [0.05, 0.1) is 11.4 Å². The van der Waals surface area contributed by atoms with Gasteiger partial charge in [-0.2, -0.15) is 4.39 Å². The van der Waals surface area contributed by atoms with Crippen molar-refractivity contribution >= 4 is 5.65 Å². The first-order chi connectivity index (χ1) is 11.1. The molecule has 6 nitrogen and oxygen atoms in total. The number of hydrogen-bond acceptors (Lipinski definition) is 4. The Morgan fingerprint density at radius 1 is 1.13 bits per heavy atom. The molecule has 4 aromatic heterocycles. The van der Waals surface area contributed by atoms with E-state index < -0.39 is 5.95 Å². The Morgan fingerprint density at radius 3 is 2.83 bits per heavy atom. The van der Waals surface area contributed by atoms with E-state index >= 15 is 0 Å². The number of imidazole rings is 1. The molecule has 0 aliphatic rings. The molecule has 0 N–H and O–H groups in total. The lowest BCUT2D eigenvalue weighted by Gasteiger charge is -2.05. The number of hydrogen-bond donors (Lipinski definition) is 0. The number of halogens is 1. The molecule has 0 spiro atoms. The summed E-state index contributed by atoms with van der Waals surface area (Å²) in [7, 11) is 0. The first kappa shape index (κ1) is 13.6. The summed E-state index contributed by atoms with van der Waals surface area (Å²) in [6, 6.07) is 7.14. The molecule has 0 aliphatic heterocycles. The second-order valence-electron chi connectivity index (χ2n) is 5.28. The Labute approximate surface area is 131 Å². The van der Waals surface area contributed by atoms with Gasteiger partial charge in [0, 0.05) is 24.2 Å². The van der Waals surface area contributed by atoms with E-state index in [4.69, 9.17) is 0 Å². The standard InChI is InChI=1S/C16H13FN6/c1-10-9-22-8-4-5-12(16(22)19-10)14-11(2)23(21-20-14)13-6-3-7-18-15(13)17/h3-9H,1-2H3. The van der Waals surface area contributed by atoms with Crippen LogP contribution in [0.3, 0.4) is 0 Å². The fourth-order valence-electron chi connectivity index (χ4n) is 2.66. The molecule has 0 fully saturated rings. The predicted molar refractivity (Wildman–Crippen MR) is 82.8 cm³/mol. The first-order valence-electron chi connectivity index (χ1n) is 7.13. The van der Waals surface area contributed by atoms with Gasteiger partial charge in [-0.1, -0.05) is 5.21 Å². The van der Waals surface area contributed by atoms with Crippen LogP contribution in [-0.4, -0.2) is 29.4 Å². The fraction of sp³-hybridized carbons (Fsp3) is 0.125. The molecule has 0 bridgehead atoms. The highest BCUT2D eigenvalue weighted by Gasteiger charge is 2.17. The predicted octanol–water partition coefficient (Wildman–Crippen LogP) is 2.73. The molecule has 0 atom stereocenters. The van der Waals surface area contributed by atoms with Crippen molar-refractivity contribution in [1.82, 2.24) is 29.4 Å². The summed E-state index contributed by atoms with van der Waals surface area (Å²) in [6.07, 6.45) is 5.28. The van der Waals surface area contributed by atoms with Crippen LogP contribution in [0.25, 0.3) is 22.6 Å². The van der Waals surface area contributed by atoms with Gasteiger partial charge >= 0.3 is 0 Å². The van der Waals surface area contributed by atoms with Crippen molar-refractivity contribution in [1.29, 1.82) is 0 Å². The van der Waals surface area contributed by atoms with Crippen LogP contribution >= 0.6 is 0 Å². The maximum atomic E-state index is 13.9. The lowest BCUT2D eigenvalue weighted by molar-refractivity contribution is 0.564. The molecular weight excluding hydrogens is 295 g/mol. The molecule has 0 saturated carbocycles. The number of aromatic nitrogens is 6. The van der Waals surface area contributed by atoms with Gasteiger partial charge in [0.15, 0.2) is 0 Å². The van der Waals surface area contributed by atoms with Gasteiger partial charge < -0.3 is 4.40 Å². The average molecular weight is 308 g/mol. The number of pyridine rings is 2. The number of fused-ring (bicyclic) bond motifs is 1. The molecule has 0 aromatic carbocycles. The molecular formula is C16H13FN6. The second-order valence-corrected chi connectivity index (χ2v) is 5.28. The lowest BCUT2D eigenvalue weighted by atomic mass is 10.1. The van der Waals surface area contributed by atoms with Gasteiger partial charge in [0.1, 0.15) is 17.0 Å². The minimum Gasteiger partial charge on any atom is -0.306 e. The summed E-state index contributed by atoms with van der Waals surface area (Å²) >= 11 is 0. The van der Waals surface area contributed by atoms with E-state index in [1.165, 1.54) is 10.9 Å². The van der Waals surface area contributed by atoms with Gasteiger partial charge in [0.25, 0.3) is 0 Å². The second kappa shape index (κ2) is 4.98. The van der Waals surface area contributed by atoms with Gasteiger partial charge in [-0.05, 0) is 38.1 Å². The quantitative estimate of drug-likeness (QED) is 0.534. The Balaban J connectivity index is 1.92. The van der Waals surface area contributed by atoms with Crippen molar-refractivity contribution in [2.75, 3.05) is 0 Å². The Kier molecular flexibility index (Phi) is 2.94. The summed E-state index contributed by atoms with van der Waals surface area (Å²) in [5.74, 6) is -0.582. The average Bonchev–Trinajstić information content (AvgIpc) is 3.09. The zero-order chi connectivity index (χ0) is 16.0. The van der Waals surface area contributed by atoms with E-state index in [1.807, 2.05) is 42.8 Å². The summed E-state index contributed by atoms with van der Waals surface area (Å²) in [5.41, 5.74) is 4.24. The molecule has 4 rings (SSSR count). The van der Waals surface area contributed by atoms with E-state index in [0.29, 0.717) is 5.69 Å². The van der Waals surface area contributed by atoms with Crippen molar-refractivity contribution in [3.8, 4) is 16.9 Å². The SMILES string of the molecule is Cc1cn2cccc(-c3nnn(-c4cccnc4F)c3C)c2n1. The van der Waals surface area contributed by atoms with Crippen molar-refractivity contribution in [3.63, 3.8) is 0 Å². The molecule has 7 heteroatoms. The molecule has 4 aromatic rings. The van der Waals surface area contributed by atoms with Crippen LogP contribution in [0, 0.1) is 19.8 Å². The van der Waals surface area contributed by atoms with E-state index in [1.54, 1.807) is 12.1 Å². The van der Waals surface area contributed by atoms with Crippen LogP contribution < -0.4 is 0 Å². The van der Waals surface area contributed by atoms with Gasteiger partial charge in [-0.15, -0.1) is 5.10 Å². The van der Waals surface area contributed by atoms with Gasteiger partial charge in [0.2, 0.25) is 5.95 Å². The maximum Gasteiger partial charge on any atom is 0.238 e. The third-order valence-electron chi connectivity index (χ3n) is 3.72. The zero-order valence-electron chi connectivity index (χ0n) is 12.6. The normalized spacial score (nSPS) is 11.3. The number of rotatable bonds is 2. The molecule has 0 unspecified atom stereocenters. The Morgan fingerprint density at radius 2 is 2.00 bits per heavy atom. The summed E-state index contributed by atoms with van der Waals surface area (Å²) in [5, 5.41) is 8.31. The monoisotopic (exact) mass is 308 g/mol. The van der Waals surface area contributed by atoms with Crippen molar-refractivity contribution < 1.29 is 4.39 Å². The highest BCUT2D eigenvalue weighted by molar-refractivity contribution is 5.76. The number of aryl methyl sites for hydroxylation is 1. The molecule has 0 aliphatic carbocycles. The smallest absolute Gasteiger partial charge is 0.238 e. The summed E-state index contributed by atoms with van der Waals surface area (Å²) in [6.45, 7) is 3.78. The number of nitrogens with zero attached hydrogens (tertiary/aromatic N) is 6. The summed E-state index contributed by atoms with van der Waals surface area (Å²) < 4.78 is 17.3. The molecule has 0 saturated heterocycles. The maximum absolute atomic E-state index is 13.9. The van der Waals surface area contributed by atoms with Crippen LogP contribution in [0.15, 0.2) is 42.9 Å². The topological polar surface area (TPSA) is 60.9 Å². The van der Waals surface area contributed by atoms with Crippen LogP contribution in [0.4, 0.5) is 4.39 Å². The van der Waals surface area contributed by atoms with E-state index in [2.05, 4.69) is 20.3 Å². The minimum atomic E-state index is -0.582. The van der Waals surface area contributed by atoms with Crippen LogP contribution in [-0.2, 0) is 0 Å². The van der Waals surface area contributed by atoms with Gasteiger partial charge in [-0.3, -0.25) is 0 Å². The molecule has 23 heavy (non-hydrogen) atoms. The lowest BCUT2D eigenvalue weighted by Crippen LogP contribution is -2.03. The van der Waals surface area contributed by atoms with E-state index in [9.17, 15) is 4.39 Å². The van der Waals surface area contributed by atoms with Gasteiger partial charge in [-0.25, -0.2) is 14.6 Å². The fourth-order valence-corrected chi connectivity index (χ4v) is 2.66. The van der Waals surface area contributed by atoms with Crippen molar-refractivity contribution in [3.05, 3.63) is 60.2 Å². The third-order valence-corrected chi connectivity index (χ3v) is 3.72. The minimum absolute atomic E-state index is 0.273. The molecule has 0 amide bonds. The first-order valence-corrected chi connectivity index (χ1v) is 7.13. The molecule has 114 valence electrons. The van der Waals surface area contributed by atoms with Crippen LogP contribution in [0.5, 0.6) is 0 Å². The van der Waals surface area contributed by atoms with Crippen molar-refractivity contribution in [2.45, 2.75) is 13.8 Å². The summed E-state index contributed by atoms with van der Waals surface area (Å²) in [4.78, 5) is 8.19. The Hall–Kier alpha value is -3.09. The zero-order valence-corrected chi connectivity index (χ0v) is 12.6. The van der Waals surface area contributed by atoms with E-state index in [0.717, 1.165) is 22.6 Å². The van der Waals surface area contributed by atoms with Crippen LogP contribution in [0.2, 0.25) is 0 Å². The molecule has 0 radical (unpaired) electrons. The highest BCUT2D eigenvalue weighted by atomic mass is 19.1. The highest BCUT2D eigenvalue weighted by Crippen LogP contribution is 2.26.